The number of sulfonamides is 1. The van der Waals surface area contributed by atoms with Crippen LogP contribution < -0.4 is 5.32 Å². The Morgan fingerprint density at radius 2 is 1.96 bits per heavy atom. The molecule has 0 saturated carbocycles. The minimum atomic E-state index is -3.36. The maximum Gasteiger partial charge on any atom is 0.252 e. The summed E-state index contributed by atoms with van der Waals surface area (Å²) in [6, 6.07) is 3.58. The van der Waals surface area contributed by atoms with Gasteiger partial charge >= 0.3 is 0 Å². The van der Waals surface area contributed by atoms with Gasteiger partial charge in [-0.2, -0.15) is 4.31 Å². The van der Waals surface area contributed by atoms with Crippen LogP contribution in [-0.2, 0) is 16.6 Å². The predicted octanol–water partition coefficient (Wildman–Crippen LogP) is 1.95. The summed E-state index contributed by atoms with van der Waals surface area (Å²) >= 11 is 1.33. The summed E-state index contributed by atoms with van der Waals surface area (Å²) in [5.74, 6) is 0.893. The molecule has 1 aliphatic rings. The molecular weight excluding hydrogens is 332 g/mol. The molecule has 0 aromatic carbocycles. The highest BCUT2D eigenvalue weighted by Gasteiger charge is 2.23. The molecule has 0 aliphatic carbocycles. The molecule has 1 aliphatic heterocycles. The van der Waals surface area contributed by atoms with Crippen LogP contribution >= 0.6 is 11.3 Å². The maximum absolute atomic E-state index is 12.5. The van der Waals surface area contributed by atoms with Crippen molar-refractivity contribution in [1.29, 1.82) is 0 Å². The molecule has 1 fully saturated rings. The van der Waals surface area contributed by atoms with E-state index in [1.54, 1.807) is 13.1 Å². The average Bonchev–Trinajstić information content (AvgIpc) is 3.20. The van der Waals surface area contributed by atoms with Gasteiger partial charge in [0, 0.05) is 38.1 Å². The molecule has 2 heterocycles. The lowest BCUT2D eigenvalue weighted by molar-refractivity contribution is 0.447. The zero-order valence-electron chi connectivity index (χ0n) is 14.1. The molecule has 1 saturated heterocycles. The fourth-order valence-electron chi connectivity index (χ4n) is 2.71. The fourth-order valence-corrected chi connectivity index (χ4v) is 5.62. The molecule has 1 aromatic rings. The molecule has 130 valence electrons. The van der Waals surface area contributed by atoms with Crippen LogP contribution in [0, 0.1) is 0 Å². The Morgan fingerprint density at radius 3 is 2.52 bits per heavy atom. The number of guanidine groups is 1. The van der Waals surface area contributed by atoms with E-state index in [1.165, 1.54) is 28.5 Å². The number of nitrogens with one attached hydrogen (secondary N) is 1. The Kier molecular flexibility index (Phi) is 6.43. The lowest BCUT2D eigenvalue weighted by Crippen LogP contribution is -2.38. The Morgan fingerprint density at radius 1 is 1.30 bits per heavy atom. The van der Waals surface area contributed by atoms with E-state index in [2.05, 4.69) is 15.2 Å². The zero-order chi connectivity index (χ0) is 16.9. The third kappa shape index (κ3) is 4.24. The number of nitrogens with zero attached hydrogens (tertiary/aromatic N) is 3. The van der Waals surface area contributed by atoms with Crippen molar-refractivity contribution in [3.8, 4) is 0 Å². The van der Waals surface area contributed by atoms with E-state index in [0.717, 1.165) is 23.9 Å². The van der Waals surface area contributed by atoms with Crippen molar-refractivity contribution in [2.45, 2.75) is 37.4 Å². The number of aliphatic imine (C=N–C) groups is 1. The SMILES string of the molecule is CCN(CC)S(=O)(=O)c1ccc(CNC(=NC)N2CCCC2)s1. The topological polar surface area (TPSA) is 65.0 Å². The van der Waals surface area contributed by atoms with Crippen LogP contribution in [0.25, 0.3) is 0 Å². The monoisotopic (exact) mass is 358 g/mol. The van der Waals surface area contributed by atoms with Crippen LogP contribution in [0.5, 0.6) is 0 Å². The molecule has 0 unspecified atom stereocenters. The highest BCUT2D eigenvalue weighted by molar-refractivity contribution is 7.91. The normalized spacial score (nSPS) is 16.3. The molecule has 2 rings (SSSR count). The van der Waals surface area contributed by atoms with Gasteiger partial charge in [-0.05, 0) is 25.0 Å². The standard InChI is InChI=1S/C15H26N4O2S2/c1-4-19(5-2)23(20,21)14-9-8-13(22-14)12-17-15(16-3)18-10-6-7-11-18/h8-9H,4-7,10-12H2,1-3H3,(H,16,17). The van der Waals surface area contributed by atoms with Crippen LogP contribution in [0.15, 0.2) is 21.3 Å². The summed E-state index contributed by atoms with van der Waals surface area (Å²) in [5, 5.41) is 3.33. The van der Waals surface area contributed by atoms with Gasteiger partial charge in [-0.3, -0.25) is 4.99 Å². The molecule has 0 radical (unpaired) electrons. The van der Waals surface area contributed by atoms with Gasteiger partial charge in [0.25, 0.3) is 10.0 Å². The quantitative estimate of drug-likeness (QED) is 0.623. The van der Waals surface area contributed by atoms with Gasteiger partial charge < -0.3 is 10.2 Å². The van der Waals surface area contributed by atoms with Crippen LogP contribution in [-0.4, -0.2) is 56.8 Å². The van der Waals surface area contributed by atoms with E-state index in [0.29, 0.717) is 23.8 Å². The summed E-state index contributed by atoms with van der Waals surface area (Å²) in [4.78, 5) is 7.54. The second kappa shape index (κ2) is 8.12. The van der Waals surface area contributed by atoms with Gasteiger partial charge in [0.2, 0.25) is 0 Å². The molecule has 23 heavy (non-hydrogen) atoms. The molecule has 0 atom stereocenters. The van der Waals surface area contributed by atoms with Gasteiger partial charge in [0.1, 0.15) is 4.21 Å². The Labute approximate surface area is 143 Å². The molecule has 0 bridgehead atoms. The number of likely N-dealkylation sites (tertiary alicyclic amines) is 1. The van der Waals surface area contributed by atoms with Crippen molar-refractivity contribution in [1.82, 2.24) is 14.5 Å². The summed E-state index contributed by atoms with van der Waals surface area (Å²) in [6.45, 7) is 7.37. The highest BCUT2D eigenvalue weighted by atomic mass is 32.2. The van der Waals surface area contributed by atoms with Crippen molar-refractivity contribution in [3.05, 3.63) is 17.0 Å². The number of rotatable bonds is 6. The third-order valence-electron chi connectivity index (χ3n) is 3.97. The minimum Gasteiger partial charge on any atom is -0.351 e. The predicted molar refractivity (Wildman–Crippen MR) is 95.4 cm³/mol. The minimum absolute atomic E-state index is 0.411. The zero-order valence-corrected chi connectivity index (χ0v) is 15.7. The lowest BCUT2D eigenvalue weighted by atomic mass is 10.4. The Hall–Kier alpha value is -1.12. The first-order valence-corrected chi connectivity index (χ1v) is 10.3. The number of hydrogen-bond acceptors (Lipinski definition) is 4. The average molecular weight is 359 g/mol. The van der Waals surface area contributed by atoms with Crippen LogP contribution in [0.3, 0.4) is 0 Å². The van der Waals surface area contributed by atoms with Crippen LogP contribution in [0.2, 0.25) is 0 Å². The van der Waals surface area contributed by atoms with E-state index >= 15 is 0 Å². The first-order valence-electron chi connectivity index (χ1n) is 8.07. The first-order chi connectivity index (χ1) is 11.0. The van der Waals surface area contributed by atoms with Gasteiger partial charge in [-0.15, -0.1) is 11.3 Å². The Balaban J connectivity index is 2.02. The van der Waals surface area contributed by atoms with Gasteiger partial charge in [0.15, 0.2) is 5.96 Å². The van der Waals surface area contributed by atoms with Crippen LogP contribution in [0.4, 0.5) is 0 Å². The second-order valence-electron chi connectivity index (χ2n) is 5.40. The summed E-state index contributed by atoms with van der Waals surface area (Å²) in [7, 11) is -1.57. The van der Waals surface area contributed by atoms with Crippen LogP contribution in [0.1, 0.15) is 31.6 Å². The van der Waals surface area contributed by atoms with Gasteiger partial charge in [-0.1, -0.05) is 13.8 Å². The second-order valence-corrected chi connectivity index (χ2v) is 8.74. The molecule has 0 spiro atoms. The van der Waals surface area contributed by atoms with E-state index in [1.807, 2.05) is 19.9 Å². The van der Waals surface area contributed by atoms with Crippen molar-refractivity contribution >= 4 is 27.3 Å². The molecule has 6 nitrogen and oxygen atoms in total. The fraction of sp³-hybridized carbons (Fsp3) is 0.667. The van der Waals surface area contributed by atoms with E-state index in [9.17, 15) is 8.42 Å². The third-order valence-corrected chi connectivity index (χ3v) is 7.58. The highest BCUT2D eigenvalue weighted by Crippen LogP contribution is 2.24. The number of hydrogen-bond donors (Lipinski definition) is 1. The largest absolute Gasteiger partial charge is 0.351 e. The van der Waals surface area contributed by atoms with Crippen molar-refractivity contribution in [2.75, 3.05) is 33.2 Å². The van der Waals surface area contributed by atoms with Crippen molar-refractivity contribution in [3.63, 3.8) is 0 Å². The van der Waals surface area contributed by atoms with Gasteiger partial charge in [-0.25, -0.2) is 8.42 Å². The molecule has 1 aromatic heterocycles. The molecule has 1 N–H and O–H groups in total. The maximum atomic E-state index is 12.5. The van der Waals surface area contributed by atoms with Gasteiger partial charge in [0.05, 0.1) is 6.54 Å². The van der Waals surface area contributed by atoms with Crippen molar-refractivity contribution < 1.29 is 8.42 Å². The Bertz CT molecular complexity index is 630. The summed E-state index contributed by atoms with van der Waals surface area (Å²) < 4.78 is 26.9. The van der Waals surface area contributed by atoms with Crippen molar-refractivity contribution in [2.24, 2.45) is 4.99 Å². The van der Waals surface area contributed by atoms with E-state index in [-0.39, 0.29) is 0 Å². The number of thiophene rings is 1. The summed E-state index contributed by atoms with van der Waals surface area (Å²) in [6.07, 6.45) is 2.40. The molecular formula is C15H26N4O2S2. The van der Waals surface area contributed by atoms with E-state index < -0.39 is 10.0 Å². The molecule has 0 amide bonds. The first kappa shape index (κ1) is 18.2. The molecule has 8 heteroatoms. The lowest BCUT2D eigenvalue weighted by Gasteiger charge is -2.20. The summed E-state index contributed by atoms with van der Waals surface area (Å²) in [5.41, 5.74) is 0. The van der Waals surface area contributed by atoms with E-state index in [4.69, 9.17) is 0 Å². The smallest absolute Gasteiger partial charge is 0.252 e.